The largest absolute Gasteiger partial charge is 0.316 e. The summed E-state index contributed by atoms with van der Waals surface area (Å²) in [5.74, 6) is -0.0570. The van der Waals surface area contributed by atoms with Gasteiger partial charge < -0.3 is 0 Å². The molecule has 5 nitrogen and oxygen atoms in total. The van der Waals surface area contributed by atoms with E-state index in [1.54, 1.807) is 0 Å². The lowest BCUT2D eigenvalue weighted by molar-refractivity contribution is -0.135. The van der Waals surface area contributed by atoms with Gasteiger partial charge in [0.25, 0.3) is 0 Å². The fraction of sp³-hybridized carbons (Fsp3) is 0.727. The number of hydrogen-bond acceptors (Lipinski definition) is 3. The third-order valence-corrected chi connectivity index (χ3v) is 3.19. The molecule has 1 heterocycles. The number of carbonyl (C=O) groups excluding carboxylic acids is 2. The van der Waals surface area contributed by atoms with Crippen LogP contribution in [-0.2, 0) is 9.59 Å². The van der Waals surface area contributed by atoms with Crippen LogP contribution in [-0.4, -0.2) is 24.3 Å². The van der Waals surface area contributed by atoms with Gasteiger partial charge in [0.15, 0.2) is 0 Å². The lowest BCUT2D eigenvalue weighted by atomic mass is 10.0. The van der Waals surface area contributed by atoms with Crippen LogP contribution in [0.15, 0.2) is 4.99 Å². The van der Waals surface area contributed by atoms with E-state index in [0.717, 1.165) is 12.3 Å². The summed E-state index contributed by atoms with van der Waals surface area (Å²) >= 11 is 0. The highest BCUT2D eigenvalue weighted by Gasteiger charge is 2.24. The number of hydrogen-bond donors (Lipinski definition) is 2. The Morgan fingerprint density at radius 1 is 1.12 bits per heavy atom. The average molecular weight is 223 g/mol. The number of rotatable bonds is 4. The van der Waals surface area contributed by atoms with Crippen LogP contribution in [0.1, 0.15) is 38.5 Å². The Morgan fingerprint density at radius 3 is 2.38 bits per heavy atom. The second-order valence-corrected chi connectivity index (χ2v) is 4.43. The zero-order valence-corrected chi connectivity index (χ0v) is 9.29. The molecule has 0 atom stereocenters. The highest BCUT2D eigenvalue weighted by atomic mass is 16.2. The van der Waals surface area contributed by atoms with Gasteiger partial charge >= 0.3 is 11.8 Å². The van der Waals surface area contributed by atoms with Gasteiger partial charge in [0.2, 0.25) is 5.96 Å². The first-order valence-corrected chi connectivity index (χ1v) is 5.92. The molecule has 0 aromatic heterocycles. The monoisotopic (exact) mass is 223 g/mol. The molecule has 5 heteroatoms. The van der Waals surface area contributed by atoms with Crippen molar-refractivity contribution in [1.29, 1.82) is 0 Å². The summed E-state index contributed by atoms with van der Waals surface area (Å²) in [6, 6.07) is 0. The molecule has 0 aromatic rings. The molecule has 16 heavy (non-hydrogen) atoms. The maximum atomic E-state index is 10.8. The van der Waals surface area contributed by atoms with E-state index in [4.69, 9.17) is 0 Å². The number of guanidine groups is 1. The second kappa shape index (κ2) is 5.09. The van der Waals surface area contributed by atoms with E-state index in [1.807, 2.05) is 0 Å². The summed E-state index contributed by atoms with van der Waals surface area (Å²) in [5, 5.41) is 4.76. The summed E-state index contributed by atoms with van der Waals surface area (Å²) < 4.78 is 0. The Hall–Kier alpha value is -1.39. The molecule has 1 saturated carbocycles. The van der Waals surface area contributed by atoms with Crippen molar-refractivity contribution in [1.82, 2.24) is 10.6 Å². The van der Waals surface area contributed by atoms with Crippen molar-refractivity contribution in [3.63, 3.8) is 0 Å². The van der Waals surface area contributed by atoms with E-state index in [0.29, 0.717) is 12.5 Å². The normalized spacial score (nSPS) is 21.1. The van der Waals surface area contributed by atoms with Gasteiger partial charge in [0.05, 0.1) is 0 Å². The SMILES string of the molecule is O=C1NC(=NCCCC2CCCC2)NC1=O. The molecule has 2 rings (SSSR count). The molecular formula is C11H17N3O2. The Balaban J connectivity index is 1.65. The molecule has 0 unspecified atom stereocenters. The third-order valence-electron chi connectivity index (χ3n) is 3.19. The van der Waals surface area contributed by atoms with Crippen molar-refractivity contribution < 1.29 is 9.59 Å². The van der Waals surface area contributed by atoms with Gasteiger partial charge in [0, 0.05) is 6.54 Å². The van der Waals surface area contributed by atoms with E-state index < -0.39 is 11.8 Å². The van der Waals surface area contributed by atoms with Crippen molar-refractivity contribution >= 4 is 17.8 Å². The third kappa shape index (κ3) is 2.81. The fourth-order valence-corrected chi connectivity index (χ4v) is 2.31. The van der Waals surface area contributed by atoms with Gasteiger partial charge in [-0.15, -0.1) is 0 Å². The van der Waals surface area contributed by atoms with E-state index in [1.165, 1.54) is 32.1 Å². The van der Waals surface area contributed by atoms with E-state index in [-0.39, 0.29) is 0 Å². The van der Waals surface area contributed by atoms with Crippen LogP contribution in [0.4, 0.5) is 0 Å². The first-order valence-electron chi connectivity index (χ1n) is 5.92. The first kappa shape index (κ1) is 11.1. The standard InChI is InChI=1S/C11H17N3O2/c15-9-10(16)14-11(13-9)12-7-3-6-8-4-1-2-5-8/h8H,1-7H2,(H2,12,13,14,15,16). The predicted molar refractivity (Wildman–Crippen MR) is 59.8 cm³/mol. The maximum Gasteiger partial charge on any atom is 0.316 e. The van der Waals surface area contributed by atoms with Crippen molar-refractivity contribution in [3.8, 4) is 0 Å². The van der Waals surface area contributed by atoms with Crippen LogP contribution < -0.4 is 10.6 Å². The lowest BCUT2D eigenvalue weighted by Gasteiger charge is -2.06. The molecule has 2 aliphatic rings. The van der Waals surface area contributed by atoms with Gasteiger partial charge in [-0.3, -0.25) is 25.2 Å². The number of nitrogens with one attached hydrogen (secondary N) is 2. The Labute approximate surface area is 94.7 Å². The number of nitrogens with zero attached hydrogens (tertiary/aromatic N) is 1. The molecule has 1 aliphatic heterocycles. The number of amides is 2. The summed E-state index contributed by atoms with van der Waals surface area (Å²) in [6.07, 6.45) is 7.67. The van der Waals surface area contributed by atoms with Crippen LogP contribution >= 0.6 is 0 Å². The smallest absolute Gasteiger partial charge is 0.288 e. The van der Waals surface area contributed by atoms with E-state index in [9.17, 15) is 9.59 Å². The van der Waals surface area contributed by atoms with Crippen LogP contribution in [0, 0.1) is 5.92 Å². The topological polar surface area (TPSA) is 70.6 Å². The van der Waals surface area contributed by atoms with E-state index >= 15 is 0 Å². The second-order valence-electron chi connectivity index (χ2n) is 4.43. The highest BCUT2D eigenvalue weighted by Crippen LogP contribution is 2.28. The fourth-order valence-electron chi connectivity index (χ4n) is 2.31. The molecule has 0 spiro atoms. The van der Waals surface area contributed by atoms with Gasteiger partial charge in [-0.05, 0) is 18.8 Å². The van der Waals surface area contributed by atoms with Gasteiger partial charge in [-0.2, -0.15) is 0 Å². The summed E-state index contributed by atoms with van der Waals surface area (Å²) in [7, 11) is 0. The minimum atomic E-state index is -0.616. The number of carbonyl (C=O) groups is 2. The van der Waals surface area contributed by atoms with Crippen LogP contribution in [0.25, 0.3) is 0 Å². The Kier molecular flexibility index (Phi) is 3.54. The van der Waals surface area contributed by atoms with Crippen molar-refractivity contribution in [2.75, 3.05) is 6.54 Å². The quantitative estimate of drug-likeness (QED) is 0.540. The van der Waals surface area contributed by atoms with Crippen molar-refractivity contribution in [3.05, 3.63) is 0 Å². The number of aliphatic imine (C=N–C) groups is 1. The average Bonchev–Trinajstić information content (AvgIpc) is 2.85. The van der Waals surface area contributed by atoms with Crippen molar-refractivity contribution in [2.24, 2.45) is 10.9 Å². The molecule has 0 bridgehead atoms. The molecule has 0 radical (unpaired) electrons. The first-order chi connectivity index (χ1) is 7.75. The summed E-state index contributed by atoms with van der Waals surface area (Å²) in [6.45, 7) is 0.673. The minimum absolute atomic E-state index is 0.307. The van der Waals surface area contributed by atoms with Crippen LogP contribution in [0.5, 0.6) is 0 Å². The van der Waals surface area contributed by atoms with E-state index in [2.05, 4.69) is 15.6 Å². The summed E-state index contributed by atoms with van der Waals surface area (Å²) in [5.41, 5.74) is 0. The maximum absolute atomic E-state index is 10.8. The predicted octanol–water partition coefficient (Wildman–Crippen LogP) is 0.559. The Morgan fingerprint density at radius 2 is 1.75 bits per heavy atom. The Bertz CT molecular complexity index is 301. The van der Waals surface area contributed by atoms with Gasteiger partial charge in [-0.1, -0.05) is 25.7 Å². The molecule has 0 aromatic carbocycles. The molecule has 1 aliphatic carbocycles. The van der Waals surface area contributed by atoms with Gasteiger partial charge in [0.1, 0.15) is 0 Å². The minimum Gasteiger partial charge on any atom is -0.288 e. The molecule has 2 N–H and O–H groups in total. The zero-order valence-electron chi connectivity index (χ0n) is 9.29. The van der Waals surface area contributed by atoms with Gasteiger partial charge in [-0.25, -0.2) is 0 Å². The molecule has 2 fully saturated rings. The lowest BCUT2D eigenvalue weighted by Crippen LogP contribution is -2.25. The summed E-state index contributed by atoms with van der Waals surface area (Å²) in [4.78, 5) is 25.8. The van der Waals surface area contributed by atoms with Crippen LogP contribution in [0.3, 0.4) is 0 Å². The molecular weight excluding hydrogens is 206 g/mol. The molecule has 1 saturated heterocycles. The molecule has 88 valence electrons. The van der Waals surface area contributed by atoms with Crippen molar-refractivity contribution in [2.45, 2.75) is 38.5 Å². The van der Waals surface area contributed by atoms with Crippen LogP contribution in [0.2, 0.25) is 0 Å². The molecule has 2 amide bonds. The highest BCUT2D eigenvalue weighted by molar-refractivity contribution is 6.45. The zero-order chi connectivity index (χ0) is 11.4.